The fraction of sp³-hybridized carbons (Fsp3) is 0.538. The lowest BCUT2D eigenvalue weighted by atomic mass is 10.1. The summed E-state index contributed by atoms with van der Waals surface area (Å²) in [5, 5.41) is 3.15. The number of ether oxygens (including phenoxy) is 1. The molecule has 1 N–H and O–H groups in total. The highest BCUT2D eigenvalue weighted by atomic mass is 32.2. The molecule has 1 aromatic carbocycles. The van der Waals surface area contributed by atoms with E-state index in [1.165, 1.54) is 6.26 Å². The number of rotatable bonds is 6. The van der Waals surface area contributed by atoms with Gasteiger partial charge in [0, 0.05) is 19.9 Å². The van der Waals surface area contributed by atoms with E-state index in [-0.39, 0.29) is 5.60 Å². The summed E-state index contributed by atoms with van der Waals surface area (Å²) in [5.74, 6) is 0. The highest BCUT2D eigenvalue weighted by Gasteiger charge is 2.17. The average Bonchev–Trinajstić information content (AvgIpc) is 2.28. The van der Waals surface area contributed by atoms with Crippen LogP contribution in [0.4, 0.5) is 5.69 Å². The van der Waals surface area contributed by atoms with Crippen LogP contribution in [0.25, 0.3) is 0 Å². The minimum absolute atomic E-state index is 0.215. The van der Waals surface area contributed by atoms with E-state index in [0.29, 0.717) is 17.1 Å². The van der Waals surface area contributed by atoms with Crippen molar-refractivity contribution in [1.82, 2.24) is 0 Å². The Bertz CT molecular complexity index is 495. The van der Waals surface area contributed by atoms with Gasteiger partial charge < -0.3 is 10.1 Å². The zero-order chi connectivity index (χ0) is 13.8. The number of sulfone groups is 1. The molecule has 0 atom stereocenters. The Labute approximate surface area is 109 Å². The molecule has 1 rings (SSSR count). The smallest absolute Gasteiger partial charge is 0.177 e. The van der Waals surface area contributed by atoms with Crippen molar-refractivity contribution in [2.24, 2.45) is 0 Å². The lowest BCUT2D eigenvalue weighted by Gasteiger charge is -2.23. The Morgan fingerprint density at radius 1 is 1.28 bits per heavy atom. The second-order valence-electron chi connectivity index (χ2n) is 4.91. The second-order valence-corrected chi connectivity index (χ2v) is 6.89. The third-order valence-corrected chi connectivity index (χ3v) is 4.04. The van der Waals surface area contributed by atoms with Gasteiger partial charge >= 0.3 is 0 Å². The molecule has 5 heteroatoms. The SMILES string of the molecule is COC(C)(C)CCNc1ccccc1S(C)(=O)=O. The minimum Gasteiger partial charge on any atom is -0.384 e. The first-order valence-corrected chi connectivity index (χ1v) is 7.73. The number of benzene rings is 1. The average molecular weight is 271 g/mol. The van der Waals surface area contributed by atoms with E-state index in [1.807, 2.05) is 19.9 Å². The maximum atomic E-state index is 11.6. The van der Waals surface area contributed by atoms with Crippen LogP contribution in [-0.2, 0) is 14.6 Å². The fourth-order valence-electron chi connectivity index (χ4n) is 1.54. The van der Waals surface area contributed by atoms with Gasteiger partial charge in [-0.3, -0.25) is 0 Å². The van der Waals surface area contributed by atoms with Crippen molar-refractivity contribution in [3.05, 3.63) is 24.3 Å². The van der Waals surface area contributed by atoms with Crippen molar-refractivity contribution in [1.29, 1.82) is 0 Å². The Morgan fingerprint density at radius 3 is 2.44 bits per heavy atom. The molecular formula is C13H21NO3S. The van der Waals surface area contributed by atoms with E-state index in [1.54, 1.807) is 25.3 Å². The van der Waals surface area contributed by atoms with Crippen molar-refractivity contribution in [2.75, 3.05) is 25.2 Å². The van der Waals surface area contributed by atoms with E-state index in [2.05, 4.69) is 5.32 Å². The van der Waals surface area contributed by atoms with E-state index in [4.69, 9.17) is 4.74 Å². The summed E-state index contributed by atoms with van der Waals surface area (Å²) in [4.78, 5) is 0.334. The number of hydrogen-bond donors (Lipinski definition) is 1. The zero-order valence-corrected chi connectivity index (χ0v) is 12.2. The summed E-state index contributed by atoms with van der Waals surface area (Å²) in [6, 6.07) is 6.93. The third-order valence-electron chi connectivity index (χ3n) is 2.88. The Kier molecular flexibility index (Phi) is 4.76. The van der Waals surface area contributed by atoms with Gasteiger partial charge in [0.15, 0.2) is 9.84 Å². The van der Waals surface area contributed by atoms with Crippen LogP contribution in [0.2, 0.25) is 0 Å². The largest absolute Gasteiger partial charge is 0.384 e. The molecule has 0 spiro atoms. The summed E-state index contributed by atoms with van der Waals surface area (Å²) in [7, 11) is -1.53. The molecule has 0 fully saturated rings. The van der Waals surface area contributed by atoms with E-state index < -0.39 is 9.84 Å². The molecule has 0 aliphatic rings. The first-order chi connectivity index (χ1) is 8.26. The topological polar surface area (TPSA) is 55.4 Å². The van der Waals surface area contributed by atoms with Gasteiger partial charge in [-0.1, -0.05) is 12.1 Å². The summed E-state index contributed by atoms with van der Waals surface area (Å²) in [6.07, 6.45) is 2.01. The number of anilines is 1. The molecule has 0 bridgehead atoms. The van der Waals surface area contributed by atoms with Crippen molar-refractivity contribution in [2.45, 2.75) is 30.8 Å². The van der Waals surface area contributed by atoms with Gasteiger partial charge in [-0.05, 0) is 32.4 Å². The van der Waals surface area contributed by atoms with Crippen molar-refractivity contribution in [3.63, 3.8) is 0 Å². The molecule has 18 heavy (non-hydrogen) atoms. The quantitative estimate of drug-likeness (QED) is 0.862. The number of hydrogen-bond acceptors (Lipinski definition) is 4. The van der Waals surface area contributed by atoms with Gasteiger partial charge in [0.25, 0.3) is 0 Å². The van der Waals surface area contributed by atoms with Crippen LogP contribution in [-0.4, -0.2) is 33.9 Å². The van der Waals surface area contributed by atoms with Gasteiger partial charge in [-0.2, -0.15) is 0 Å². The van der Waals surface area contributed by atoms with E-state index in [0.717, 1.165) is 6.42 Å². The maximum Gasteiger partial charge on any atom is 0.177 e. The van der Waals surface area contributed by atoms with Crippen molar-refractivity contribution >= 4 is 15.5 Å². The lowest BCUT2D eigenvalue weighted by Crippen LogP contribution is -2.26. The number of nitrogens with one attached hydrogen (secondary N) is 1. The molecule has 0 unspecified atom stereocenters. The number of para-hydroxylation sites is 1. The normalized spacial score (nSPS) is 12.4. The van der Waals surface area contributed by atoms with Gasteiger partial charge in [-0.25, -0.2) is 8.42 Å². The summed E-state index contributed by atoms with van der Waals surface area (Å²) in [6.45, 7) is 4.65. The zero-order valence-electron chi connectivity index (χ0n) is 11.4. The standard InChI is InChI=1S/C13H21NO3S/c1-13(2,17-3)9-10-14-11-7-5-6-8-12(11)18(4,15)16/h5-8,14H,9-10H2,1-4H3. The van der Waals surface area contributed by atoms with Gasteiger partial charge in [0.2, 0.25) is 0 Å². The highest BCUT2D eigenvalue weighted by Crippen LogP contribution is 2.21. The van der Waals surface area contributed by atoms with Crippen LogP contribution >= 0.6 is 0 Å². The van der Waals surface area contributed by atoms with Crippen molar-refractivity contribution < 1.29 is 13.2 Å². The van der Waals surface area contributed by atoms with Gasteiger partial charge in [0.05, 0.1) is 16.2 Å². The summed E-state index contributed by atoms with van der Waals surface area (Å²) < 4.78 is 28.5. The Hall–Kier alpha value is -1.07. The number of methoxy groups -OCH3 is 1. The Morgan fingerprint density at radius 2 is 1.89 bits per heavy atom. The molecule has 102 valence electrons. The van der Waals surface area contributed by atoms with Crippen LogP contribution in [0, 0.1) is 0 Å². The molecular weight excluding hydrogens is 250 g/mol. The summed E-state index contributed by atoms with van der Waals surface area (Å²) in [5.41, 5.74) is 0.430. The van der Waals surface area contributed by atoms with Crippen LogP contribution in [0.5, 0.6) is 0 Å². The van der Waals surface area contributed by atoms with Gasteiger partial charge in [0.1, 0.15) is 0 Å². The van der Waals surface area contributed by atoms with Gasteiger partial charge in [-0.15, -0.1) is 0 Å². The predicted octanol–water partition coefficient (Wildman–Crippen LogP) is 2.32. The van der Waals surface area contributed by atoms with Crippen LogP contribution in [0.3, 0.4) is 0 Å². The predicted molar refractivity (Wildman–Crippen MR) is 73.7 cm³/mol. The van der Waals surface area contributed by atoms with Crippen LogP contribution < -0.4 is 5.32 Å². The highest BCUT2D eigenvalue weighted by molar-refractivity contribution is 7.90. The van der Waals surface area contributed by atoms with Crippen LogP contribution in [0.15, 0.2) is 29.2 Å². The maximum absolute atomic E-state index is 11.6. The summed E-state index contributed by atoms with van der Waals surface area (Å²) >= 11 is 0. The molecule has 0 radical (unpaired) electrons. The first-order valence-electron chi connectivity index (χ1n) is 5.84. The minimum atomic E-state index is -3.20. The fourth-order valence-corrected chi connectivity index (χ4v) is 2.40. The molecule has 0 saturated carbocycles. The molecule has 0 saturated heterocycles. The first kappa shape index (κ1) is 15.0. The molecule has 4 nitrogen and oxygen atoms in total. The molecule has 0 amide bonds. The Balaban J connectivity index is 2.75. The molecule has 0 aromatic heterocycles. The van der Waals surface area contributed by atoms with Crippen molar-refractivity contribution in [3.8, 4) is 0 Å². The monoisotopic (exact) mass is 271 g/mol. The molecule has 1 aromatic rings. The third kappa shape index (κ3) is 4.31. The second kappa shape index (κ2) is 5.71. The van der Waals surface area contributed by atoms with E-state index >= 15 is 0 Å². The van der Waals surface area contributed by atoms with E-state index in [9.17, 15) is 8.42 Å². The molecule has 0 aliphatic carbocycles. The lowest BCUT2D eigenvalue weighted by molar-refractivity contribution is 0.0185. The molecule has 0 aliphatic heterocycles. The van der Waals surface area contributed by atoms with Crippen LogP contribution in [0.1, 0.15) is 20.3 Å². The molecule has 0 heterocycles.